The van der Waals surface area contributed by atoms with Crippen molar-refractivity contribution < 1.29 is 14.4 Å². The van der Waals surface area contributed by atoms with Crippen molar-refractivity contribution in [3.8, 4) is 0 Å². The van der Waals surface area contributed by atoms with Crippen LogP contribution in [0, 0.1) is 6.92 Å². The Kier molecular flexibility index (Phi) is 3.71. The normalized spacial score (nSPS) is 14.1. The average molecular weight is 344 g/mol. The summed E-state index contributed by atoms with van der Waals surface area (Å²) in [5.74, 6) is -0.549. The summed E-state index contributed by atoms with van der Waals surface area (Å²) in [6.07, 6.45) is 0. The first-order valence-electron chi connectivity index (χ1n) is 7.33. The lowest BCUT2D eigenvalue weighted by molar-refractivity contribution is 0.0507. The second-order valence-electron chi connectivity index (χ2n) is 6.48. The molecular formula is C16H16N4O3S. The molecule has 1 aromatic heterocycles. The van der Waals surface area contributed by atoms with Gasteiger partial charge in [0.25, 0.3) is 17.7 Å². The van der Waals surface area contributed by atoms with E-state index in [1.807, 2.05) is 0 Å². The second kappa shape index (κ2) is 5.48. The fraction of sp³-hybridized carbons (Fsp3) is 0.312. The number of aryl methyl sites for hydroxylation is 1. The van der Waals surface area contributed by atoms with Crippen LogP contribution in [0.25, 0.3) is 0 Å². The van der Waals surface area contributed by atoms with E-state index in [1.54, 1.807) is 27.7 Å². The number of benzene rings is 1. The third-order valence-electron chi connectivity index (χ3n) is 3.57. The lowest BCUT2D eigenvalue weighted by Crippen LogP contribution is -2.45. The minimum Gasteiger partial charge on any atom is -0.297 e. The van der Waals surface area contributed by atoms with Crippen LogP contribution in [-0.4, -0.2) is 37.5 Å². The lowest BCUT2D eigenvalue weighted by atomic mass is 10.1. The predicted molar refractivity (Wildman–Crippen MR) is 89.3 cm³/mol. The summed E-state index contributed by atoms with van der Waals surface area (Å²) in [6.45, 7) is 7.10. The number of fused-ring (bicyclic) bond motifs is 1. The number of carbonyl (C=O) groups excluding carboxylic acids is 3. The molecule has 0 saturated carbocycles. The molecule has 0 bridgehead atoms. The molecule has 0 spiro atoms. The van der Waals surface area contributed by atoms with Crippen LogP contribution >= 0.6 is 11.5 Å². The molecule has 0 aliphatic carbocycles. The predicted octanol–water partition coefficient (Wildman–Crippen LogP) is 2.49. The van der Waals surface area contributed by atoms with Gasteiger partial charge in [-0.3, -0.25) is 24.6 Å². The van der Waals surface area contributed by atoms with E-state index in [2.05, 4.69) is 14.7 Å². The Morgan fingerprint density at radius 1 is 1.17 bits per heavy atom. The Morgan fingerprint density at radius 3 is 2.42 bits per heavy atom. The van der Waals surface area contributed by atoms with Gasteiger partial charge in [0.2, 0.25) is 5.13 Å². The molecule has 24 heavy (non-hydrogen) atoms. The molecule has 8 heteroatoms. The summed E-state index contributed by atoms with van der Waals surface area (Å²) in [6, 6.07) is 4.49. The van der Waals surface area contributed by atoms with E-state index in [9.17, 15) is 14.4 Å². The van der Waals surface area contributed by atoms with Gasteiger partial charge in [0.05, 0.1) is 11.1 Å². The summed E-state index contributed by atoms with van der Waals surface area (Å²) in [7, 11) is 0. The summed E-state index contributed by atoms with van der Waals surface area (Å²) in [4.78, 5) is 42.5. The summed E-state index contributed by atoms with van der Waals surface area (Å²) in [5.41, 5.74) is 0.229. The minimum absolute atomic E-state index is 0.246. The summed E-state index contributed by atoms with van der Waals surface area (Å²) >= 11 is 1.08. The number of amides is 3. The smallest absolute Gasteiger partial charge is 0.262 e. The van der Waals surface area contributed by atoms with E-state index in [0.29, 0.717) is 22.1 Å². The fourth-order valence-corrected chi connectivity index (χ4v) is 3.08. The first kappa shape index (κ1) is 16.3. The van der Waals surface area contributed by atoms with Crippen molar-refractivity contribution >= 4 is 34.4 Å². The van der Waals surface area contributed by atoms with E-state index < -0.39 is 11.4 Å². The Labute approximate surface area is 142 Å². The molecule has 1 aliphatic heterocycles. The molecule has 124 valence electrons. The zero-order chi connectivity index (χ0) is 17.6. The van der Waals surface area contributed by atoms with E-state index >= 15 is 0 Å². The number of nitrogens with zero attached hydrogens (tertiary/aromatic N) is 3. The number of aromatic nitrogens is 2. The molecule has 2 heterocycles. The minimum atomic E-state index is -0.625. The maximum Gasteiger partial charge on any atom is 0.262 e. The van der Waals surface area contributed by atoms with Crippen LogP contribution < -0.4 is 5.32 Å². The molecule has 0 fully saturated rings. The molecule has 1 N–H and O–H groups in total. The van der Waals surface area contributed by atoms with Crippen molar-refractivity contribution in [3.63, 3.8) is 0 Å². The highest BCUT2D eigenvalue weighted by atomic mass is 32.1. The topological polar surface area (TPSA) is 92.3 Å². The highest BCUT2D eigenvalue weighted by Gasteiger charge is 2.42. The van der Waals surface area contributed by atoms with E-state index in [0.717, 1.165) is 11.5 Å². The van der Waals surface area contributed by atoms with Gasteiger partial charge in [-0.1, -0.05) is 0 Å². The summed E-state index contributed by atoms with van der Waals surface area (Å²) < 4.78 is 3.99. The fourth-order valence-electron chi connectivity index (χ4n) is 2.51. The highest BCUT2D eigenvalue weighted by molar-refractivity contribution is 7.09. The van der Waals surface area contributed by atoms with Crippen molar-refractivity contribution in [2.24, 2.45) is 0 Å². The lowest BCUT2D eigenvalue weighted by Gasteiger charge is -2.29. The van der Waals surface area contributed by atoms with Crippen molar-refractivity contribution in [3.05, 3.63) is 40.7 Å². The van der Waals surface area contributed by atoms with Crippen LogP contribution in [0.1, 0.15) is 57.7 Å². The maximum atomic E-state index is 12.5. The van der Waals surface area contributed by atoms with Crippen LogP contribution in [0.3, 0.4) is 0 Å². The molecule has 1 aliphatic rings. The average Bonchev–Trinajstić information content (AvgIpc) is 3.00. The van der Waals surface area contributed by atoms with Crippen LogP contribution in [0.4, 0.5) is 5.13 Å². The van der Waals surface area contributed by atoms with E-state index in [-0.39, 0.29) is 17.4 Å². The highest BCUT2D eigenvalue weighted by Crippen LogP contribution is 2.30. The van der Waals surface area contributed by atoms with Gasteiger partial charge in [0.1, 0.15) is 5.82 Å². The number of rotatable bonds is 2. The Bertz CT molecular complexity index is 866. The van der Waals surface area contributed by atoms with Gasteiger partial charge in [-0.05, 0) is 45.9 Å². The first-order valence-corrected chi connectivity index (χ1v) is 8.10. The molecule has 3 amide bonds. The van der Waals surface area contributed by atoms with Gasteiger partial charge in [-0.15, -0.1) is 0 Å². The number of nitrogens with one attached hydrogen (secondary N) is 1. The van der Waals surface area contributed by atoms with Crippen LogP contribution in [0.5, 0.6) is 0 Å². The molecule has 2 aromatic rings. The number of carbonyl (C=O) groups is 3. The molecule has 3 rings (SSSR count). The summed E-state index contributed by atoms with van der Waals surface area (Å²) in [5, 5.41) is 3.02. The van der Waals surface area contributed by atoms with Crippen molar-refractivity contribution in [1.29, 1.82) is 0 Å². The van der Waals surface area contributed by atoms with Crippen LogP contribution in [0.2, 0.25) is 0 Å². The molecule has 0 saturated heterocycles. The Morgan fingerprint density at radius 2 is 1.83 bits per heavy atom. The molecule has 7 nitrogen and oxygen atoms in total. The van der Waals surface area contributed by atoms with Crippen molar-refractivity contribution in [2.45, 2.75) is 33.2 Å². The van der Waals surface area contributed by atoms with Gasteiger partial charge in [-0.25, -0.2) is 4.98 Å². The second-order valence-corrected chi connectivity index (χ2v) is 7.23. The monoisotopic (exact) mass is 344 g/mol. The van der Waals surface area contributed by atoms with Gasteiger partial charge in [-0.2, -0.15) is 4.37 Å². The SMILES string of the molecule is Cc1nsc(NC(=O)c2ccc3c(c2)C(=O)N(C(C)(C)C)C3=O)n1. The van der Waals surface area contributed by atoms with Crippen molar-refractivity contribution in [1.82, 2.24) is 14.3 Å². The zero-order valence-corrected chi connectivity index (χ0v) is 14.5. The molecular weight excluding hydrogens is 328 g/mol. The Balaban J connectivity index is 1.91. The van der Waals surface area contributed by atoms with Crippen LogP contribution in [-0.2, 0) is 0 Å². The maximum absolute atomic E-state index is 12.5. The van der Waals surface area contributed by atoms with Gasteiger partial charge in [0, 0.05) is 22.6 Å². The van der Waals surface area contributed by atoms with Gasteiger partial charge in [0.15, 0.2) is 0 Å². The quantitative estimate of drug-likeness (QED) is 0.845. The third-order valence-corrected chi connectivity index (χ3v) is 4.29. The van der Waals surface area contributed by atoms with E-state index in [4.69, 9.17) is 0 Å². The number of hydrogen-bond donors (Lipinski definition) is 1. The Hall–Kier alpha value is -2.61. The molecule has 0 radical (unpaired) electrons. The number of hydrogen-bond acceptors (Lipinski definition) is 6. The zero-order valence-electron chi connectivity index (χ0n) is 13.7. The van der Waals surface area contributed by atoms with Gasteiger partial charge >= 0.3 is 0 Å². The molecule has 0 unspecified atom stereocenters. The standard InChI is InChI=1S/C16H16N4O3S/c1-8-17-15(24-19-8)18-12(21)9-5-6-10-11(7-9)14(23)20(13(10)22)16(2,3)4/h5-7H,1-4H3,(H,17,18,19,21). The molecule has 1 aromatic carbocycles. The van der Waals surface area contributed by atoms with Crippen molar-refractivity contribution in [2.75, 3.05) is 5.32 Å². The van der Waals surface area contributed by atoms with E-state index in [1.165, 1.54) is 23.1 Å². The number of imide groups is 1. The molecule has 0 atom stereocenters. The number of anilines is 1. The largest absolute Gasteiger partial charge is 0.297 e. The van der Waals surface area contributed by atoms with Crippen LogP contribution in [0.15, 0.2) is 18.2 Å². The first-order chi connectivity index (χ1) is 11.2. The van der Waals surface area contributed by atoms with Gasteiger partial charge < -0.3 is 0 Å². The third kappa shape index (κ3) is 2.69.